The van der Waals surface area contributed by atoms with Crippen LogP contribution in [-0.4, -0.2) is 5.91 Å². The summed E-state index contributed by atoms with van der Waals surface area (Å²) in [6.07, 6.45) is -4.84. The molecule has 0 fully saturated rings. The van der Waals surface area contributed by atoms with Crippen molar-refractivity contribution in [3.05, 3.63) is 59.2 Å². The molecule has 0 saturated heterocycles. The van der Waals surface area contributed by atoms with E-state index in [2.05, 4.69) is 16.0 Å². The summed E-state index contributed by atoms with van der Waals surface area (Å²) >= 11 is 0. The number of carbonyl (C=O) groups is 1. The molecule has 0 spiro atoms. The lowest BCUT2D eigenvalue weighted by Crippen LogP contribution is -2.33. The molecular formula is C17H16F3N3O. The van der Waals surface area contributed by atoms with Crippen LogP contribution >= 0.6 is 0 Å². The van der Waals surface area contributed by atoms with Crippen LogP contribution in [0.4, 0.5) is 24.5 Å². The van der Waals surface area contributed by atoms with E-state index in [1.54, 1.807) is 30.3 Å². The number of hydrogen-bond acceptors (Lipinski definition) is 3. The Bertz CT molecular complexity index is 757. The van der Waals surface area contributed by atoms with Gasteiger partial charge in [-0.2, -0.15) is 13.2 Å². The van der Waals surface area contributed by atoms with E-state index < -0.39 is 17.9 Å². The zero-order valence-electron chi connectivity index (χ0n) is 12.9. The van der Waals surface area contributed by atoms with E-state index in [0.29, 0.717) is 17.8 Å². The maximum atomic E-state index is 13.2. The molecule has 2 aromatic rings. The average molecular weight is 335 g/mol. The number of benzene rings is 2. The number of amides is 1. The van der Waals surface area contributed by atoms with Crippen LogP contribution in [0.2, 0.25) is 0 Å². The Kier molecular flexibility index (Phi) is 4.19. The molecule has 0 bridgehead atoms. The first-order chi connectivity index (χ1) is 11.3. The van der Waals surface area contributed by atoms with Crippen LogP contribution in [0, 0.1) is 0 Å². The van der Waals surface area contributed by atoms with Crippen LogP contribution in [-0.2, 0) is 17.5 Å². The number of anilines is 2. The summed E-state index contributed by atoms with van der Waals surface area (Å²) in [5.74, 6) is -0.180. The van der Waals surface area contributed by atoms with Crippen LogP contribution in [0.25, 0.3) is 0 Å². The second kappa shape index (κ2) is 6.16. The fourth-order valence-corrected chi connectivity index (χ4v) is 2.72. The molecule has 3 rings (SSSR count). The van der Waals surface area contributed by atoms with Gasteiger partial charge >= 0.3 is 6.18 Å². The van der Waals surface area contributed by atoms with Gasteiger partial charge in [-0.15, -0.1) is 0 Å². The first kappa shape index (κ1) is 16.3. The largest absolute Gasteiger partial charge is 0.418 e. The third-order valence-corrected chi connectivity index (χ3v) is 3.81. The van der Waals surface area contributed by atoms with Crippen LogP contribution in [0.3, 0.4) is 0 Å². The van der Waals surface area contributed by atoms with Crippen LogP contribution in [0.1, 0.15) is 29.8 Å². The minimum atomic E-state index is -4.41. The second-order valence-electron chi connectivity index (χ2n) is 5.60. The zero-order chi connectivity index (χ0) is 17.3. The lowest BCUT2D eigenvalue weighted by molar-refractivity contribution is -0.137. The highest BCUT2D eigenvalue weighted by molar-refractivity contribution is 5.88. The van der Waals surface area contributed by atoms with E-state index in [1.165, 1.54) is 13.0 Å². The highest BCUT2D eigenvalue weighted by atomic mass is 19.4. The first-order valence-corrected chi connectivity index (χ1v) is 7.41. The first-order valence-electron chi connectivity index (χ1n) is 7.41. The van der Waals surface area contributed by atoms with Crippen molar-refractivity contribution in [2.75, 3.05) is 10.6 Å². The van der Waals surface area contributed by atoms with Gasteiger partial charge in [-0.1, -0.05) is 24.3 Å². The van der Waals surface area contributed by atoms with Crippen molar-refractivity contribution in [1.29, 1.82) is 0 Å². The van der Waals surface area contributed by atoms with Crippen LogP contribution in [0.15, 0.2) is 42.5 Å². The Hall–Kier alpha value is -2.54. The summed E-state index contributed by atoms with van der Waals surface area (Å²) in [4.78, 5) is 11.0. The third-order valence-electron chi connectivity index (χ3n) is 3.81. The minimum Gasteiger partial charge on any atom is -0.365 e. The predicted molar refractivity (Wildman–Crippen MR) is 85.4 cm³/mol. The lowest BCUT2D eigenvalue weighted by atomic mass is 10.0. The molecule has 126 valence electrons. The molecule has 1 heterocycles. The van der Waals surface area contributed by atoms with Crippen molar-refractivity contribution in [2.45, 2.75) is 25.8 Å². The number of fused-ring (bicyclic) bond motifs is 1. The number of rotatable bonds is 2. The topological polar surface area (TPSA) is 53.2 Å². The molecule has 3 N–H and O–H groups in total. The third kappa shape index (κ3) is 3.35. The van der Waals surface area contributed by atoms with Gasteiger partial charge in [0.2, 0.25) is 5.91 Å². The zero-order valence-corrected chi connectivity index (χ0v) is 12.9. The molecule has 1 atom stereocenters. The average Bonchev–Trinajstić information content (AvgIpc) is 2.53. The van der Waals surface area contributed by atoms with Gasteiger partial charge in [0.1, 0.15) is 6.17 Å². The van der Waals surface area contributed by atoms with Gasteiger partial charge in [0, 0.05) is 19.2 Å². The Morgan fingerprint density at radius 3 is 2.50 bits per heavy atom. The minimum absolute atomic E-state index is 0.111. The highest BCUT2D eigenvalue weighted by Crippen LogP contribution is 2.39. The van der Waals surface area contributed by atoms with E-state index in [9.17, 15) is 18.0 Å². The Labute approximate surface area is 137 Å². The van der Waals surface area contributed by atoms with E-state index in [-0.39, 0.29) is 11.6 Å². The summed E-state index contributed by atoms with van der Waals surface area (Å²) < 4.78 is 39.5. The predicted octanol–water partition coefficient (Wildman–Crippen LogP) is 3.88. The van der Waals surface area contributed by atoms with E-state index >= 15 is 0 Å². The fourth-order valence-electron chi connectivity index (χ4n) is 2.72. The molecule has 1 amide bonds. The van der Waals surface area contributed by atoms with Gasteiger partial charge in [0.05, 0.1) is 11.3 Å². The van der Waals surface area contributed by atoms with Crippen molar-refractivity contribution in [2.24, 2.45) is 0 Å². The molecule has 7 heteroatoms. The summed E-state index contributed by atoms with van der Waals surface area (Å²) in [5.41, 5.74) is 1.45. The van der Waals surface area contributed by atoms with E-state index in [1.807, 2.05) is 0 Å². The molecule has 2 aromatic carbocycles. The summed E-state index contributed by atoms with van der Waals surface area (Å²) in [6, 6.07) is 11.1. The SMILES string of the molecule is CC(=O)Nc1ccc(C2NCc3cccc(C(F)(F)F)c3N2)cc1. The molecular weight excluding hydrogens is 319 g/mol. The van der Waals surface area contributed by atoms with E-state index in [0.717, 1.165) is 11.6 Å². The molecule has 0 radical (unpaired) electrons. The van der Waals surface area contributed by atoms with E-state index in [4.69, 9.17) is 0 Å². The summed E-state index contributed by atoms with van der Waals surface area (Å²) in [7, 11) is 0. The Morgan fingerprint density at radius 1 is 1.17 bits per heavy atom. The molecule has 0 aliphatic carbocycles. The number of hydrogen-bond donors (Lipinski definition) is 3. The van der Waals surface area contributed by atoms with Gasteiger partial charge in [0.15, 0.2) is 0 Å². The van der Waals surface area contributed by atoms with Gasteiger partial charge in [0.25, 0.3) is 0 Å². The highest BCUT2D eigenvalue weighted by Gasteiger charge is 2.36. The van der Waals surface area contributed by atoms with Gasteiger partial charge in [-0.3, -0.25) is 10.1 Å². The number of para-hydroxylation sites is 1. The molecule has 1 aliphatic rings. The number of nitrogens with one attached hydrogen (secondary N) is 3. The maximum Gasteiger partial charge on any atom is 0.418 e. The fraction of sp³-hybridized carbons (Fsp3) is 0.235. The van der Waals surface area contributed by atoms with Gasteiger partial charge in [-0.05, 0) is 29.3 Å². The maximum absolute atomic E-state index is 13.2. The molecule has 24 heavy (non-hydrogen) atoms. The molecule has 1 aliphatic heterocycles. The van der Waals surface area contributed by atoms with Gasteiger partial charge < -0.3 is 10.6 Å². The summed E-state index contributed by atoms with van der Waals surface area (Å²) in [5, 5.41) is 8.75. The van der Waals surface area contributed by atoms with Crippen LogP contribution < -0.4 is 16.0 Å². The van der Waals surface area contributed by atoms with Crippen LogP contribution in [0.5, 0.6) is 0 Å². The summed E-state index contributed by atoms with van der Waals surface area (Å²) in [6.45, 7) is 1.75. The standard InChI is InChI=1S/C17H16F3N3O/c1-10(24)22-13-7-5-11(6-8-13)16-21-9-12-3-2-4-14(15(12)23-16)17(18,19)20/h2-8,16,21,23H,9H2,1H3,(H,22,24). The van der Waals surface area contributed by atoms with Gasteiger partial charge in [-0.25, -0.2) is 0 Å². The normalized spacial score (nSPS) is 16.9. The number of carbonyl (C=O) groups excluding carboxylic acids is 1. The van der Waals surface area contributed by atoms with Crippen molar-refractivity contribution in [3.63, 3.8) is 0 Å². The second-order valence-corrected chi connectivity index (χ2v) is 5.60. The van der Waals surface area contributed by atoms with Crippen molar-refractivity contribution in [1.82, 2.24) is 5.32 Å². The molecule has 0 saturated carbocycles. The van der Waals surface area contributed by atoms with Crippen molar-refractivity contribution < 1.29 is 18.0 Å². The monoisotopic (exact) mass is 335 g/mol. The smallest absolute Gasteiger partial charge is 0.365 e. The lowest BCUT2D eigenvalue weighted by Gasteiger charge is -2.31. The van der Waals surface area contributed by atoms with Crippen molar-refractivity contribution in [3.8, 4) is 0 Å². The number of alkyl halides is 3. The molecule has 4 nitrogen and oxygen atoms in total. The van der Waals surface area contributed by atoms with Crippen molar-refractivity contribution >= 4 is 17.3 Å². The Balaban J connectivity index is 1.86. The quantitative estimate of drug-likeness (QED) is 0.781. The molecule has 0 aromatic heterocycles. The number of halogens is 3. The molecule has 1 unspecified atom stereocenters. The Morgan fingerprint density at radius 2 is 1.88 bits per heavy atom.